The molecule has 6 nitrogen and oxygen atoms in total. The summed E-state index contributed by atoms with van der Waals surface area (Å²) in [4.78, 5) is 4.03. The van der Waals surface area contributed by atoms with Crippen LogP contribution in [0.3, 0.4) is 0 Å². The Morgan fingerprint density at radius 3 is 2.65 bits per heavy atom. The third kappa shape index (κ3) is 4.48. The van der Waals surface area contributed by atoms with Gasteiger partial charge in [-0.3, -0.25) is 9.17 Å². The molecule has 0 aromatic carbocycles. The minimum absolute atomic E-state index is 0.0734. The van der Waals surface area contributed by atoms with Crippen molar-refractivity contribution in [3.63, 3.8) is 0 Å². The number of imidazole rings is 1. The van der Waals surface area contributed by atoms with Gasteiger partial charge in [0, 0.05) is 30.3 Å². The molecule has 23 heavy (non-hydrogen) atoms. The number of rotatable bonds is 7. The van der Waals surface area contributed by atoms with Gasteiger partial charge in [-0.25, -0.2) is 0 Å². The summed E-state index contributed by atoms with van der Waals surface area (Å²) < 4.78 is 38.6. The van der Waals surface area contributed by atoms with E-state index in [1.165, 1.54) is 11.1 Å². The highest BCUT2D eigenvalue weighted by molar-refractivity contribution is 7.85. The van der Waals surface area contributed by atoms with Crippen molar-refractivity contribution in [2.45, 2.75) is 40.3 Å². The maximum absolute atomic E-state index is 11.0. The third-order valence-electron chi connectivity index (χ3n) is 3.96. The maximum atomic E-state index is 11.0. The number of hydrogen-bond acceptors (Lipinski definition) is 4. The van der Waals surface area contributed by atoms with Gasteiger partial charge in [0.25, 0.3) is 10.1 Å². The van der Waals surface area contributed by atoms with Crippen molar-refractivity contribution in [1.82, 2.24) is 14.1 Å². The molecule has 2 radical (unpaired) electrons. The van der Waals surface area contributed by atoms with E-state index in [4.69, 9.17) is 13.4 Å². The summed E-state index contributed by atoms with van der Waals surface area (Å²) in [6.45, 7) is 7.17. The van der Waals surface area contributed by atoms with Crippen LogP contribution in [0.4, 0.5) is 0 Å². The van der Waals surface area contributed by atoms with E-state index in [-0.39, 0.29) is 18.5 Å². The van der Waals surface area contributed by atoms with E-state index in [9.17, 15) is 8.42 Å². The summed E-state index contributed by atoms with van der Waals surface area (Å²) in [5, 5.41) is 0. The van der Waals surface area contributed by atoms with E-state index in [2.05, 4.69) is 23.4 Å². The van der Waals surface area contributed by atoms with Crippen molar-refractivity contribution < 1.29 is 14.0 Å². The molecule has 0 spiro atoms. The summed E-state index contributed by atoms with van der Waals surface area (Å²) in [5.41, 5.74) is 4.51. The minimum atomic E-state index is -3.45. The van der Waals surface area contributed by atoms with E-state index in [0.717, 1.165) is 11.9 Å². The number of aromatic nitrogens is 3. The fourth-order valence-corrected chi connectivity index (χ4v) is 2.86. The lowest BCUT2D eigenvalue weighted by Gasteiger charge is -2.12. The fraction of sp³-hybridized carbons (Fsp3) is 0.533. The van der Waals surface area contributed by atoms with Gasteiger partial charge in [0.15, 0.2) is 7.85 Å². The van der Waals surface area contributed by atoms with Crippen molar-refractivity contribution in [2.24, 2.45) is 0 Å². The standard InChI is InChI=1S/C15H22BN3O3S/c1-11-9-18(13(3)12(11)2)10-14-8-17-15(16)19(14)6-5-7-22-23(4,20)21/h8-9H,5-7,10H2,1-4H3/i8D. The molecule has 0 aliphatic rings. The minimum Gasteiger partial charge on any atom is -0.345 e. The highest BCUT2D eigenvalue weighted by atomic mass is 32.2. The molecule has 2 rings (SSSR count). The zero-order valence-electron chi connectivity index (χ0n) is 15.0. The summed E-state index contributed by atoms with van der Waals surface area (Å²) in [7, 11) is 2.45. The molecule has 0 aliphatic heterocycles. The molecule has 0 bridgehead atoms. The molecule has 8 heteroatoms. The van der Waals surface area contributed by atoms with Crippen molar-refractivity contribution in [3.05, 3.63) is 34.9 Å². The van der Waals surface area contributed by atoms with Crippen molar-refractivity contribution in [3.8, 4) is 0 Å². The summed E-state index contributed by atoms with van der Waals surface area (Å²) >= 11 is 0. The lowest BCUT2D eigenvalue weighted by Crippen LogP contribution is -2.23. The highest BCUT2D eigenvalue weighted by Gasteiger charge is 2.11. The zero-order valence-corrected chi connectivity index (χ0v) is 14.8. The average molecular weight is 336 g/mol. The Balaban J connectivity index is 2.17. The molecule has 0 unspecified atom stereocenters. The van der Waals surface area contributed by atoms with Crippen LogP contribution in [0.15, 0.2) is 12.4 Å². The van der Waals surface area contributed by atoms with E-state index in [1.54, 1.807) is 4.57 Å². The van der Waals surface area contributed by atoms with Gasteiger partial charge in [0.2, 0.25) is 0 Å². The Morgan fingerprint density at radius 1 is 1.39 bits per heavy atom. The molecule has 0 aliphatic carbocycles. The van der Waals surface area contributed by atoms with Gasteiger partial charge in [-0.1, -0.05) is 0 Å². The molecule has 0 saturated carbocycles. The molecular formula is C15H22BN3O3S. The summed E-state index contributed by atoms with van der Waals surface area (Å²) in [5.74, 6) is 0. The van der Waals surface area contributed by atoms with Crippen molar-refractivity contribution in [1.29, 1.82) is 0 Å². The molecule has 0 amide bonds. The van der Waals surface area contributed by atoms with Crippen LogP contribution in [-0.2, 0) is 27.4 Å². The van der Waals surface area contributed by atoms with Gasteiger partial charge in [0.05, 0.1) is 26.5 Å². The highest BCUT2D eigenvalue weighted by Crippen LogP contribution is 2.16. The van der Waals surface area contributed by atoms with Gasteiger partial charge in [-0.2, -0.15) is 8.42 Å². The van der Waals surface area contributed by atoms with Crippen LogP contribution in [0.2, 0.25) is 0 Å². The number of hydrogen-bond donors (Lipinski definition) is 0. The Kier molecular flexibility index (Phi) is 4.91. The van der Waals surface area contributed by atoms with E-state index < -0.39 is 10.1 Å². The van der Waals surface area contributed by atoms with Crippen LogP contribution in [0, 0.1) is 20.8 Å². The molecule has 2 aromatic rings. The molecule has 0 fully saturated rings. The molecule has 0 atom stereocenters. The molecule has 2 heterocycles. The quantitative estimate of drug-likeness (QED) is 0.427. The monoisotopic (exact) mass is 336 g/mol. The second-order valence-electron chi connectivity index (χ2n) is 5.71. The van der Waals surface area contributed by atoms with Crippen LogP contribution in [0.25, 0.3) is 0 Å². The predicted octanol–water partition coefficient (Wildman–Crippen LogP) is 0.818. The first kappa shape index (κ1) is 16.3. The van der Waals surface area contributed by atoms with Gasteiger partial charge in [-0.05, 0) is 38.3 Å². The summed E-state index contributed by atoms with van der Waals surface area (Å²) in [6, 6.07) is 0. The predicted molar refractivity (Wildman–Crippen MR) is 90.8 cm³/mol. The van der Waals surface area contributed by atoms with Crippen LogP contribution >= 0.6 is 0 Å². The lowest BCUT2D eigenvalue weighted by molar-refractivity contribution is 0.307. The number of aryl methyl sites for hydroxylation is 1. The first-order chi connectivity index (χ1) is 11.1. The van der Waals surface area contributed by atoms with E-state index in [0.29, 0.717) is 25.2 Å². The fourth-order valence-electron chi connectivity index (χ4n) is 2.44. The Morgan fingerprint density at radius 2 is 2.09 bits per heavy atom. The summed E-state index contributed by atoms with van der Waals surface area (Å²) in [6.07, 6.45) is 3.67. The van der Waals surface area contributed by atoms with Gasteiger partial charge < -0.3 is 9.13 Å². The topological polar surface area (TPSA) is 66.1 Å². The van der Waals surface area contributed by atoms with Crippen molar-refractivity contribution in [2.75, 3.05) is 12.9 Å². The SMILES string of the molecule is [2H]c1nc([B])n(CCCOS(C)(=O)=O)c1Cn1cc(C)c(C)c1C. The lowest BCUT2D eigenvalue weighted by atomic mass is 10.1. The molecule has 2 aromatic heterocycles. The van der Waals surface area contributed by atoms with E-state index in [1.807, 2.05) is 13.1 Å². The third-order valence-corrected chi connectivity index (χ3v) is 4.55. The molecule has 0 saturated heterocycles. The van der Waals surface area contributed by atoms with Crippen LogP contribution in [0.1, 0.15) is 30.3 Å². The normalized spacial score (nSPS) is 12.6. The maximum Gasteiger partial charge on any atom is 0.264 e. The molecule has 124 valence electrons. The first-order valence-corrected chi connectivity index (χ1v) is 9.20. The average Bonchev–Trinajstić information content (AvgIpc) is 2.86. The van der Waals surface area contributed by atoms with Gasteiger partial charge in [-0.15, -0.1) is 0 Å². The van der Waals surface area contributed by atoms with Gasteiger partial charge in [0.1, 0.15) is 0 Å². The van der Waals surface area contributed by atoms with Crippen LogP contribution in [-0.4, -0.2) is 43.2 Å². The van der Waals surface area contributed by atoms with Crippen LogP contribution in [0.5, 0.6) is 0 Å². The van der Waals surface area contributed by atoms with Crippen LogP contribution < -0.4 is 5.72 Å². The number of nitrogens with zero attached hydrogens (tertiary/aromatic N) is 3. The Hall–Kier alpha value is -1.54. The second-order valence-corrected chi connectivity index (χ2v) is 7.35. The Labute approximate surface area is 140 Å². The van der Waals surface area contributed by atoms with Gasteiger partial charge >= 0.3 is 0 Å². The molecular weight excluding hydrogens is 313 g/mol. The Bertz CT molecular complexity index is 843. The largest absolute Gasteiger partial charge is 0.345 e. The molecule has 0 N–H and O–H groups in total. The van der Waals surface area contributed by atoms with E-state index >= 15 is 0 Å². The smallest absolute Gasteiger partial charge is 0.264 e. The van der Waals surface area contributed by atoms with Crippen molar-refractivity contribution >= 4 is 23.7 Å². The second kappa shape index (κ2) is 6.92. The zero-order chi connectivity index (χ0) is 18.1. The first-order valence-electron chi connectivity index (χ1n) is 7.89.